The molecule has 0 aromatic heterocycles. The van der Waals surface area contributed by atoms with Gasteiger partial charge >= 0.3 is 0 Å². The predicted octanol–water partition coefficient (Wildman–Crippen LogP) is 1.36. The summed E-state index contributed by atoms with van der Waals surface area (Å²) in [7, 11) is 2.28. The van der Waals surface area contributed by atoms with Crippen molar-refractivity contribution in [3.8, 4) is 0 Å². The fourth-order valence-corrected chi connectivity index (χ4v) is 2.59. The van der Waals surface area contributed by atoms with Gasteiger partial charge < -0.3 is 0 Å². The fraction of sp³-hybridized carbons (Fsp3) is 0.500. The summed E-state index contributed by atoms with van der Waals surface area (Å²) in [5.41, 5.74) is 9.43. The summed E-state index contributed by atoms with van der Waals surface area (Å²) in [5.74, 6) is 0. The van der Waals surface area contributed by atoms with Gasteiger partial charge in [-0.1, -0.05) is 16.6 Å². The maximum Gasteiger partial charge on any atom is 0.140 e. The van der Waals surface area contributed by atoms with Crippen LogP contribution in [0.1, 0.15) is 34.2 Å². The Morgan fingerprint density at radius 2 is 1.46 bits per heavy atom. The van der Waals surface area contributed by atoms with Gasteiger partial charge in [-0.05, 0) is 56.7 Å². The van der Waals surface area contributed by atoms with Crippen LogP contribution in [0.4, 0.5) is 0 Å². The molecule has 0 saturated heterocycles. The van der Waals surface area contributed by atoms with E-state index >= 15 is 0 Å². The van der Waals surface area contributed by atoms with Gasteiger partial charge in [-0.25, -0.2) is 0 Å². The molecule has 0 spiro atoms. The van der Waals surface area contributed by atoms with Crippen LogP contribution in [-0.4, -0.2) is 7.85 Å². The van der Waals surface area contributed by atoms with Gasteiger partial charge in [0.15, 0.2) is 0 Å². The Bertz CT molecular complexity index is 329. The van der Waals surface area contributed by atoms with Crippen molar-refractivity contribution in [3.63, 3.8) is 0 Å². The Hall–Kier alpha value is -0.715. The normalized spacial score (nSPS) is 14.7. The summed E-state index contributed by atoms with van der Waals surface area (Å²) >= 11 is 0. The van der Waals surface area contributed by atoms with Gasteiger partial charge in [0.05, 0.1) is 0 Å². The van der Waals surface area contributed by atoms with Crippen molar-refractivity contribution in [2.45, 2.75) is 40.0 Å². The van der Waals surface area contributed by atoms with Crippen LogP contribution in [0.25, 0.3) is 0 Å². The molecule has 1 aromatic carbocycles. The van der Waals surface area contributed by atoms with Gasteiger partial charge in [-0.15, -0.1) is 0 Å². The van der Waals surface area contributed by atoms with Crippen molar-refractivity contribution in [2.24, 2.45) is 0 Å². The first-order valence-corrected chi connectivity index (χ1v) is 5.21. The molecule has 0 atom stereocenters. The molecule has 0 saturated carbocycles. The van der Waals surface area contributed by atoms with E-state index in [1.54, 1.807) is 22.2 Å². The highest BCUT2D eigenvalue weighted by Crippen LogP contribution is 2.27. The van der Waals surface area contributed by atoms with E-state index in [0.29, 0.717) is 0 Å². The van der Waals surface area contributed by atoms with Crippen LogP contribution in [0.3, 0.4) is 0 Å². The third kappa shape index (κ3) is 1.13. The molecule has 0 heterocycles. The molecule has 0 radical (unpaired) electrons. The van der Waals surface area contributed by atoms with E-state index in [1.165, 1.54) is 30.4 Å². The summed E-state index contributed by atoms with van der Waals surface area (Å²) < 4.78 is 0. The fourth-order valence-electron chi connectivity index (χ4n) is 2.59. The van der Waals surface area contributed by atoms with Crippen LogP contribution < -0.4 is 5.46 Å². The number of rotatable bonds is 0. The molecule has 1 aliphatic rings. The van der Waals surface area contributed by atoms with E-state index in [-0.39, 0.29) is 0 Å². The summed E-state index contributed by atoms with van der Waals surface area (Å²) in [6.07, 6.45) is 3.98. The maximum atomic E-state index is 2.28. The van der Waals surface area contributed by atoms with Gasteiger partial charge in [0.2, 0.25) is 0 Å². The molecule has 0 aliphatic heterocycles. The quantitative estimate of drug-likeness (QED) is 0.518. The third-order valence-corrected chi connectivity index (χ3v) is 3.81. The standard InChI is InChI=1S/C12H17B/c1-7-8(2)10-5-4-6-11(10)12(13)9(7)3/h4-6,13H2,1-3H3. The van der Waals surface area contributed by atoms with Crippen LogP contribution in [-0.2, 0) is 12.8 Å². The van der Waals surface area contributed by atoms with Crippen molar-refractivity contribution in [2.75, 3.05) is 0 Å². The highest BCUT2D eigenvalue weighted by Gasteiger charge is 2.18. The second-order valence-corrected chi connectivity index (χ2v) is 4.31. The highest BCUT2D eigenvalue weighted by molar-refractivity contribution is 6.34. The lowest BCUT2D eigenvalue weighted by atomic mass is 9.80. The minimum absolute atomic E-state index is 1.31. The van der Waals surface area contributed by atoms with Gasteiger partial charge in [0.1, 0.15) is 7.85 Å². The first kappa shape index (κ1) is 8.86. The number of benzene rings is 1. The van der Waals surface area contributed by atoms with E-state index in [9.17, 15) is 0 Å². The molecule has 13 heavy (non-hydrogen) atoms. The highest BCUT2D eigenvalue weighted by atomic mass is 14.2. The van der Waals surface area contributed by atoms with E-state index in [1.807, 2.05) is 0 Å². The molecule has 0 N–H and O–H groups in total. The first-order valence-electron chi connectivity index (χ1n) is 5.21. The molecule has 1 heteroatoms. The molecule has 0 amide bonds. The maximum absolute atomic E-state index is 2.28. The molecular weight excluding hydrogens is 155 g/mol. The zero-order valence-electron chi connectivity index (χ0n) is 9.12. The molecule has 0 nitrogen and oxygen atoms in total. The lowest BCUT2D eigenvalue weighted by molar-refractivity contribution is 0.910. The third-order valence-electron chi connectivity index (χ3n) is 3.81. The molecule has 1 aromatic rings. The Balaban J connectivity index is 2.77. The molecule has 1 aliphatic carbocycles. The Morgan fingerprint density at radius 1 is 0.846 bits per heavy atom. The lowest BCUT2D eigenvalue weighted by Gasteiger charge is -2.15. The van der Waals surface area contributed by atoms with E-state index < -0.39 is 0 Å². The molecule has 0 bridgehead atoms. The zero-order valence-corrected chi connectivity index (χ0v) is 9.12. The monoisotopic (exact) mass is 172 g/mol. The number of fused-ring (bicyclic) bond motifs is 1. The molecule has 0 unspecified atom stereocenters. The second kappa shape index (κ2) is 2.90. The van der Waals surface area contributed by atoms with E-state index in [2.05, 4.69) is 28.6 Å². The Kier molecular flexibility index (Phi) is 1.98. The average Bonchev–Trinajstić information content (AvgIpc) is 2.59. The van der Waals surface area contributed by atoms with Crippen LogP contribution in [0, 0.1) is 20.8 Å². The largest absolute Gasteiger partial charge is 0.140 e. The second-order valence-electron chi connectivity index (χ2n) is 4.31. The van der Waals surface area contributed by atoms with Crippen molar-refractivity contribution in [1.82, 2.24) is 0 Å². The average molecular weight is 172 g/mol. The van der Waals surface area contributed by atoms with Crippen LogP contribution in [0.15, 0.2) is 0 Å². The van der Waals surface area contributed by atoms with Gasteiger partial charge in [0, 0.05) is 0 Å². The first-order chi connectivity index (χ1) is 6.13. The van der Waals surface area contributed by atoms with Crippen LogP contribution >= 0.6 is 0 Å². The Labute approximate surface area is 81.8 Å². The number of hydrogen-bond acceptors (Lipinski definition) is 0. The Morgan fingerprint density at radius 3 is 2.15 bits per heavy atom. The topological polar surface area (TPSA) is 0 Å². The molecule has 2 rings (SSSR count). The number of hydrogen-bond donors (Lipinski definition) is 0. The van der Waals surface area contributed by atoms with Crippen LogP contribution in [0.2, 0.25) is 0 Å². The van der Waals surface area contributed by atoms with E-state index in [0.717, 1.165) is 0 Å². The minimum atomic E-state index is 1.31. The molecule has 68 valence electrons. The van der Waals surface area contributed by atoms with Gasteiger partial charge in [0.25, 0.3) is 0 Å². The smallest absolute Gasteiger partial charge is 0.0824 e. The van der Waals surface area contributed by atoms with Crippen LogP contribution in [0.5, 0.6) is 0 Å². The van der Waals surface area contributed by atoms with Gasteiger partial charge in [-0.3, -0.25) is 0 Å². The van der Waals surface area contributed by atoms with Crippen molar-refractivity contribution in [3.05, 3.63) is 27.8 Å². The van der Waals surface area contributed by atoms with Crippen molar-refractivity contribution < 1.29 is 0 Å². The van der Waals surface area contributed by atoms with Crippen molar-refractivity contribution in [1.29, 1.82) is 0 Å². The van der Waals surface area contributed by atoms with Crippen molar-refractivity contribution >= 4 is 13.3 Å². The predicted molar refractivity (Wildman–Crippen MR) is 60.9 cm³/mol. The lowest BCUT2D eigenvalue weighted by Crippen LogP contribution is -2.17. The summed E-state index contributed by atoms with van der Waals surface area (Å²) in [6, 6.07) is 0. The minimum Gasteiger partial charge on any atom is -0.0824 e. The summed E-state index contributed by atoms with van der Waals surface area (Å²) in [5, 5.41) is 0. The summed E-state index contributed by atoms with van der Waals surface area (Å²) in [6.45, 7) is 6.80. The molecular formula is C12H17B. The van der Waals surface area contributed by atoms with Gasteiger partial charge in [-0.2, -0.15) is 0 Å². The summed E-state index contributed by atoms with van der Waals surface area (Å²) in [4.78, 5) is 0. The SMILES string of the molecule is Bc1c(C)c(C)c(C)c2c1CCC2. The zero-order chi connectivity index (χ0) is 9.59. The molecule has 0 fully saturated rings. The van der Waals surface area contributed by atoms with E-state index in [4.69, 9.17) is 0 Å².